The predicted octanol–water partition coefficient (Wildman–Crippen LogP) is 1.87. The third-order valence-electron chi connectivity index (χ3n) is 2.55. The lowest BCUT2D eigenvalue weighted by Gasteiger charge is -2.20. The second-order valence-electron chi connectivity index (χ2n) is 3.84. The molecule has 1 unspecified atom stereocenters. The number of benzene rings is 1. The molecule has 0 bridgehead atoms. The molecule has 1 aliphatic rings. The summed E-state index contributed by atoms with van der Waals surface area (Å²) in [6.45, 7) is -0.0208. The molecule has 0 saturated heterocycles. The van der Waals surface area contributed by atoms with Crippen LogP contribution in [0.3, 0.4) is 0 Å². The second-order valence-corrected chi connectivity index (χ2v) is 5.34. The molecule has 1 aromatic carbocycles. The molecule has 1 aliphatic heterocycles. The summed E-state index contributed by atoms with van der Waals surface area (Å²) in [4.78, 5) is 24.7. The van der Waals surface area contributed by atoms with Gasteiger partial charge in [-0.15, -0.1) is 0 Å². The molecule has 1 aromatic rings. The zero-order valence-electron chi connectivity index (χ0n) is 8.99. The Morgan fingerprint density at radius 2 is 2.06 bits per heavy atom. The Hall–Kier alpha value is -0.790. The molecule has 2 rings (SSSR count). The Morgan fingerprint density at radius 1 is 1.39 bits per heavy atom. The molecule has 4 nitrogen and oxygen atoms in total. The molecular formula is C11H8Br2FNO3. The number of amides is 1. The van der Waals surface area contributed by atoms with Gasteiger partial charge in [-0.2, -0.15) is 0 Å². The number of nitrogens with zero attached hydrogens (tertiary/aromatic N) is 1. The van der Waals surface area contributed by atoms with Gasteiger partial charge in [0.15, 0.2) is 0 Å². The van der Waals surface area contributed by atoms with Crippen molar-refractivity contribution in [2.24, 2.45) is 0 Å². The van der Waals surface area contributed by atoms with E-state index in [9.17, 15) is 19.1 Å². The minimum Gasteiger partial charge on any atom is -0.390 e. The fraction of sp³-hybridized carbons (Fsp3) is 0.273. The van der Waals surface area contributed by atoms with Crippen molar-refractivity contribution in [2.75, 3.05) is 16.8 Å². The molecule has 0 saturated carbocycles. The number of aliphatic hydroxyl groups excluding tert-OH is 1. The van der Waals surface area contributed by atoms with E-state index >= 15 is 0 Å². The van der Waals surface area contributed by atoms with Crippen LogP contribution in [0.4, 0.5) is 10.1 Å². The summed E-state index contributed by atoms with van der Waals surface area (Å²) in [7, 11) is 0. The Morgan fingerprint density at radius 3 is 2.67 bits per heavy atom. The normalized spacial score (nSPS) is 16.1. The van der Waals surface area contributed by atoms with Gasteiger partial charge in [-0.05, 0) is 28.1 Å². The number of carbonyl (C=O) groups excluding carboxylic acids is 2. The first-order chi connectivity index (χ1) is 8.45. The highest BCUT2D eigenvalue weighted by Gasteiger charge is 2.38. The summed E-state index contributed by atoms with van der Waals surface area (Å²) >= 11 is 6.21. The minimum atomic E-state index is -0.801. The highest BCUT2D eigenvalue weighted by Crippen LogP contribution is 2.36. The molecule has 1 N–H and O–H groups in total. The molecule has 1 amide bonds. The smallest absolute Gasteiger partial charge is 0.299 e. The van der Waals surface area contributed by atoms with Crippen molar-refractivity contribution in [3.05, 3.63) is 28.0 Å². The summed E-state index contributed by atoms with van der Waals surface area (Å²) in [5, 5.41) is 9.83. The lowest BCUT2D eigenvalue weighted by atomic mass is 10.1. The Bertz CT molecular complexity index is 535. The number of β-amino-alcohol motifs (C(OH)–C–C–N with tert-alkyl or cyclic N) is 1. The average molecular weight is 381 g/mol. The van der Waals surface area contributed by atoms with Crippen LogP contribution in [0.15, 0.2) is 16.6 Å². The lowest BCUT2D eigenvalue weighted by molar-refractivity contribution is -0.114. The van der Waals surface area contributed by atoms with Gasteiger partial charge >= 0.3 is 0 Å². The van der Waals surface area contributed by atoms with E-state index in [2.05, 4.69) is 31.9 Å². The van der Waals surface area contributed by atoms with Crippen LogP contribution in [0.2, 0.25) is 0 Å². The topological polar surface area (TPSA) is 57.6 Å². The van der Waals surface area contributed by atoms with Gasteiger partial charge in [-0.1, -0.05) is 15.9 Å². The van der Waals surface area contributed by atoms with Crippen LogP contribution in [0, 0.1) is 5.82 Å². The van der Waals surface area contributed by atoms with Crippen LogP contribution >= 0.6 is 31.9 Å². The van der Waals surface area contributed by atoms with E-state index in [1.165, 1.54) is 6.07 Å². The van der Waals surface area contributed by atoms with Gasteiger partial charge in [-0.25, -0.2) is 4.39 Å². The zero-order chi connectivity index (χ0) is 13.4. The van der Waals surface area contributed by atoms with Gasteiger partial charge < -0.3 is 10.0 Å². The third kappa shape index (κ3) is 2.22. The van der Waals surface area contributed by atoms with Gasteiger partial charge in [0.1, 0.15) is 5.82 Å². The summed E-state index contributed by atoms with van der Waals surface area (Å²) in [5.41, 5.74) is 0.333. The number of halogens is 3. The van der Waals surface area contributed by atoms with Crippen LogP contribution in [0.5, 0.6) is 0 Å². The molecule has 1 atom stereocenters. The van der Waals surface area contributed by atoms with Crippen molar-refractivity contribution < 1.29 is 19.1 Å². The van der Waals surface area contributed by atoms with Crippen LogP contribution in [0.1, 0.15) is 10.4 Å². The molecular weight excluding hydrogens is 373 g/mol. The number of hydrogen-bond acceptors (Lipinski definition) is 3. The zero-order valence-corrected chi connectivity index (χ0v) is 12.2. The first-order valence-electron chi connectivity index (χ1n) is 5.05. The van der Waals surface area contributed by atoms with Crippen LogP contribution < -0.4 is 4.90 Å². The molecule has 0 radical (unpaired) electrons. The van der Waals surface area contributed by atoms with Crippen molar-refractivity contribution in [1.29, 1.82) is 0 Å². The molecule has 18 heavy (non-hydrogen) atoms. The number of aliphatic hydroxyl groups is 1. The number of fused-ring (bicyclic) bond motifs is 1. The van der Waals surface area contributed by atoms with Crippen molar-refractivity contribution in [1.82, 2.24) is 0 Å². The van der Waals surface area contributed by atoms with Gasteiger partial charge in [0.2, 0.25) is 0 Å². The molecule has 0 fully saturated rings. The minimum absolute atomic E-state index is 0.0208. The Kier molecular flexibility index (Phi) is 3.84. The molecule has 0 aromatic heterocycles. The van der Waals surface area contributed by atoms with E-state index in [-0.39, 0.29) is 17.4 Å². The third-order valence-corrected chi connectivity index (χ3v) is 3.91. The van der Waals surface area contributed by atoms with Crippen molar-refractivity contribution >= 4 is 49.2 Å². The average Bonchev–Trinajstić information content (AvgIpc) is 2.54. The van der Waals surface area contributed by atoms with Gasteiger partial charge in [0, 0.05) is 9.80 Å². The molecule has 96 valence electrons. The second kappa shape index (κ2) is 5.07. The van der Waals surface area contributed by atoms with Crippen molar-refractivity contribution in [2.45, 2.75) is 6.10 Å². The van der Waals surface area contributed by atoms with Crippen LogP contribution in [-0.4, -0.2) is 34.8 Å². The monoisotopic (exact) mass is 379 g/mol. The molecule has 7 heteroatoms. The van der Waals surface area contributed by atoms with E-state index in [0.717, 1.165) is 11.0 Å². The quantitative estimate of drug-likeness (QED) is 0.643. The Balaban J connectivity index is 2.48. The SMILES string of the molecule is O=C1C(=O)N(CC(O)CBr)c2c(Br)cc(F)cc21. The maximum absolute atomic E-state index is 13.2. The fourth-order valence-electron chi connectivity index (χ4n) is 1.79. The summed E-state index contributed by atoms with van der Waals surface area (Å²) in [5.74, 6) is -2.10. The lowest BCUT2D eigenvalue weighted by Crippen LogP contribution is -2.37. The van der Waals surface area contributed by atoms with E-state index in [4.69, 9.17) is 0 Å². The van der Waals surface area contributed by atoms with Crippen molar-refractivity contribution in [3.63, 3.8) is 0 Å². The summed E-state index contributed by atoms with van der Waals surface area (Å²) in [6.07, 6.45) is -0.801. The highest BCUT2D eigenvalue weighted by molar-refractivity contribution is 9.10. The number of hydrogen-bond donors (Lipinski definition) is 1. The molecule has 1 heterocycles. The van der Waals surface area contributed by atoms with Gasteiger partial charge in [0.25, 0.3) is 11.7 Å². The first-order valence-corrected chi connectivity index (χ1v) is 6.96. The van der Waals surface area contributed by atoms with Crippen molar-refractivity contribution in [3.8, 4) is 0 Å². The molecule has 0 spiro atoms. The number of ketones is 1. The number of rotatable bonds is 3. The molecule has 0 aliphatic carbocycles. The van der Waals surface area contributed by atoms with Gasteiger partial charge in [0.05, 0.1) is 23.9 Å². The number of alkyl halides is 1. The summed E-state index contributed by atoms with van der Waals surface area (Å²) < 4.78 is 13.5. The Labute approximate surface area is 119 Å². The number of carbonyl (C=O) groups is 2. The maximum Gasteiger partial charge on any atom is 0.299 e. The number of Topliss-reactive ketones (excluding diaryl/α,β-unsaturated/α-hetero) is 1. The highest BCUT2D eigenvalue weighted by atomic mass is 79.9. The largest absolute Gasteiger partial charge is 0.390 e. The van der Waals surface area contributed by atoms with Crippen LogP contribution in [-0.2, 0) is 4.79 Å². The van der Waals surface area contributed by atoms with E-state index in [1.54, 1.807) is 0 Å². The van der Waals surface area contributed by atoms with E-state index in [1.807, 2.05) is 0 Å². The van der Waals surface area contributed by atoms with Crippen LogP contribution in [0.25, 0.3) is 0 Å². The maximum atomic E-state index is 13.2. The summed E-state index contributed by atoms with van der Waals surface area (Å²) in [6, 6.07) is 2.21. The van der Waals surface area contributed by atoms with E-state index < -0.39 is 23.6 Å². The van der Waals surface area contributed by atoms with E-state index in [0.29, 0.717) is 10.2 Å². The first kappa shape index (κ1) is 13.6. The predicted molar refractivity (Wildman–Crippen MR) is 70.6 cm³/mol. The fourth-order valence-corrected chi connectivity index (χ4v) is 2.64. The van der Waals surface area contributed by atoms with Gasteiger partial charge in [-0.3, -0.25) is 9.59 Å². The standard InChI is InChI=1S/C11H8Br2FNO3/c12-3-6(16)4-15-9-7(10(17)11(15)18)1-5(14)2-8(9)13/h1-2,6,16H,3-4H2. The number of anilines is 1.